The van der Waals surface area contributed by atoms with Crippen LogP contribution in [0.1, 0.15) is 54.4 Å². The van der Waals surface area contributed by atoms with Gasteiger partial charge in [-0.25, -0.2) is 13.1 Å². The summed E-state index contributed by atoms with van der Waals surface area (Å²) in [4.78, 5) is 12.4. The van der Waals surface area contributed by atoms with Gasteiger partial charge in [0, 0.05) is 18.2 Å². The van der Waals surface area contributed by atoms with Crippen LogP contribution in [-0.2, 0) is 10.0 Å². The first kappa shape index (κ1) is 21.9. The van der Waals surface area contributed by atoms with Crippen LogP contribution < -0.4 is 15.8 Å². The van der Waals surface area contributed by atoms with Crippen molar-refractivity contribution in [1.82, 2.24) is 10.0 Å². The van der Waals surface area contributed by atoms with E-state index >= 15 is 0 Å². The van der Waals surface area contributed by atoms with E-state index in [4.69, 9.17) is 5.73 Å². The maximum absolute atomic E-state index is 12.6. The molecule has 0 atom stereocenters. The molecule has 0 saturated heterocycles. The summed E-state index contributed by atoms with van der Waals surface area (Å²) >= 11 is 0. The molecule has 0 bridgehead atoms. The number of nitrogens with two attached hydrogens (primary N) is 1. The summed E-state index contributed by atoms with van der Waals surface area (Å²) in [7, 11) is -3.61. The summed E-state index contributed by atoms with van der Waals surface area (Å²) in [5.74, 6) is -0.260. The van der Waals surface area contributed by atoms with Crippen LogP contribution in [0, 0.1) is 6.92 Å². The average molecular weight is 390 g/mol. The van der Waals surface area contributed by atoms with Crippen LogP contribution in [0.5, 0.6) is 0 Å². The minimum absolute atomic E-state index is 0. The molecular weight excluding hydrogens is 362 g/mol. The number of carbonyl (C=O) groups excluding carboxylic acids is 1. The van der Waals surface area contributed by atoms with Crippen LogP contribution in [0.25, 0.3) is 0 Å². The van der Waals surface area contributed by atoms with Crippen molar-refractivity contribution < 1.29 is 13.2 Å². The lowest BCUT2D eigenvalue weighted by atomic mass is 10.1. The lowest BCUT2D eigenvalue weighted by Crippen LogP contribution is -2.33. The smallest absolute Gasteiger partial charge is 0.251 e. The SMILES string of the molecule is Cc1ccc(C(=O)NCCCCN)cc1S(=O)(=O)NC1CCCC1.Cl. The predicted molar refractivity (Wildman–Crippen MR) is 102 cm³/mol. The number of amides is 1. The fraction of sp³-hybridized carbons (Fsp3) is 0.588. The quantitative estimate of drug-likeness (QED) is 0.592. The van der Waals surface area contributed by atoms with Gasteiger partial charge in [0.25, 0.3) is 5.91 Å². The zero-order valence-electron chi connectivity index (χ0n) is 14.6. The normalized spacial score (nSPS) is 15.0. The van der Waals surface area contributed by atoms with Crippen LogP contribution in [0.15, 0.2) is 23.1 Å². The lowest BCUT2D eigenvalue weighted by molar-refractivity contribution is 0.0953. The van der Waals surface area contributed by atoms with Gasteiger partial charge in [-0.1, -0.05) is 18.9 Å². The number of unbranched alkanes of at least 4 members (excludes halogenated alkanes) is 1. The summed E-state index contributed by atoms with van der Waals surface area (Å²) in [6, 6.07) is 4.80. The van der Waals surface area contributed by atoms with E-state index in [1.54, 1.807) is 19.1 Å². The lowest BCUT2D eigenvalue weighted by Gasteiger charge is -2.15. The molecule has 0 spiro atoms. The number of nitrogens with one attached hydrogen (secondary N) is 2. The second-order valence-corrected chi connectivity index (χ2v) is 8.02. The standard InChI is InChI=1S/C17H27N3O3S.ClH/c1-13-8-9-14(17(21)19-11-5-4-10-18)12-16(13)24(22,23)20-15-6-2-3-7-15;/h8-9,12,15,20H,2-7,10-11,18H2,1H3,(H,19,21);1H. The van der Waals surface area contributed by atoms with Gasteiger partial charge in [-0.2, -0.15) is 0 Å². The third-order valence-electron chi connectivity index (χ3n) is 4.33. The van der Waals surface area contributed by atoms with Gasteiger partial charge in [-0.3, -0.25) is 4.79 Å². The highest BCUT2D eigenvalue weighted by molar-refractivity contribution is 7.89. The van der Waals surface area contributed by atoms with Gasteiger partial charge in [0.2, 0.25) is 10.0 Å². The molecule has 0 unspecified atom stereocenters. The van der Waals surface area contributed by atoms with Crippen molar-refractivity contribution in [1.29, 1.82) is 0 Å². The van der Waals surface area contributed by atoms with Crippen molar-refractivity contribution in [3.05, 3.63) is 29.3 Å². The highest BCUT2D eigenvalue weighted by Gasteiger charge is 2.25. The van der Waals surface area contributed by atoms with Crippen molar-refractivity contribution in [2.75, 3.05) is 13.1 Å². The minimum atomic E-state index is -3.61. The van der Waals surface area contributed by atoms with E-state index in [1.165, 1.54) is 6.07 Å². The van der Waals surface area contributed by atoms with E-state index in [1.807, 2.05) is 0 Å². The van der Waals surface area contributed by atoms with E-state index in [2.05, 4.69) is 10.0 Å². The second kappa shape index (κ2) is 10.1. The second-order valence-electron chi connectivity index (χ2n) is 6.33. The van der Waals surface area contributed by atoms with Gasteiger partial charge < -0.3 is 11.1 Å². The van der Waals surface area contributed by atoms with E-state index < -0.39 is 10.0 Å². The number of carbonyl (C=O) groups is 1. The molecule has 142 valence electrons. The van der Waals surface area contributed by atoms with Gasteiger partial charge >= 0.3 is 0 Å². The summed E-state index contributed by atoms with van der Waals surface area (Å²) in [6.45, 7) is 2.87. The molecule has 25 heavy (non-hydrogen) atoms. The molecule has 0 aliphatic heterocycles. The number of sulfonamides is 1. The molecule has 1 fully saturated rings. The largest absolute Gasteiger partial charge is 0.352 e. The number of aryl methyl sites for hydroxylation is 1. The van der Waals surface area contributed by atoms with Crippen LogP contribution in [-0.4, -0.2) is 33.5 Å². The summed E-state index contributed by atoms with van der Waals surface area (Å²) in [6.07, 6.45) is 5.51. The Morgan fingerprint density at radius 3 is 2.56 bits per heavy atom. The molecule has 1 saturated carbocycles. The van der Waals surface area contributed by atoms with Crippen LogP contribution in [0.3, 0.4) is 0 Å². The topological polar surface area (TPSA) is 101 Å². The first-order valence-electron chi connectivity index (χ1n) is 8.55. The van der Waals surface area contributed by atoms with E-state index in [-0.39, 0.29) is 29.3 Å². The molecule has 4 N–H and O–H groups in total. The highest BCUT2D eigenvalue weighted by atomic mass is 35.5. The van der Waals surface area contributed by atoms with E-state index in [0.29, 0.717) is 24.2 Å². The third kappa shape index (κ3) is 6.26. The van der Waals surface area contributed by atoms with Gasteiger partial charge in [-0.05, 0) is 56.8 Å². The Morgan fingerprint density at radius 2 is 1.92 bits per heavy atom. The zero-order valence-corrected chi connectivity index (χ0v) is 16.2. The Bertz CT molecular complexity index is 674. The summed E-state index contributed by atoms with van der Waals surface area (Å²) in [5, 5.41) is 2.80. The molecule has 6 nitrogen and oxygen atoms in total. The molecule has 1 aliphatic rings. The Morgan fingerprint density at radius 1 is 1.24 bits per heavy atom. The maximum Gasteiger partial charge on any atom is 0.251 e. The van der Waals surface area contributed by atoms with Crippen LogP contribution in [0.2, 0.25) is 0 Å². The highest BCUT2D eigenvalue weighted by Crippen LogP contribution is 2.22. The number of halogens is 1. The number of hydrogen-bond acceptors (Lipinski definition) is 4. The van der Waals surface area contributed by atoms with Gasteiger partial charge in [0.15, 0.2) is 0 Å². The fourth-order valence-corrected chi connectivity index (χ4v) is 4.51. The monoisotopic (exact) mass is 389 g/mol. The zero-order chi connectivity index (χ0) is 17.6. The van der Waals surface area contributed by atoms with Gasteiger partial charge in [-0.15, -0.1) is 12.4 Å². The molecule has 2 rings (SSSR count). The van der Waals surface area contributed by atoms with E-state index in [9.17, 15) is 13.2 Å². The number of hydrogen-bond donors (Lipinski definition) is 3. The first-order valence-corrected chi connectivity index (χ1v) is 10.0. The minimum Gasteiger partial charge on any atom is -0.352 e. The predicted octanol–water partition coefficient (Wildman–Crippen LogP) is 2.11. The first-order chi connectivity index (χ1) is 11.4. The van der Waals surface area contributed by atoms with Crippen molar-refractivity contribution in [3.8, 4) is 0 Å². The van der Waals surface area contributed by atoms with Crippen LogP contribution in [0.4, 0.5) is 0 Å². The van der Waals surface area contributed by atoms with Crippen molar-refractivity contribution in [2.45, 2.75) is 56.4 Å². The summed E-state index contributed by atoms with van der Waals surface area (Å²) < 4.78 is 28.0. The Balaban J connectivity index is 0.00000312. The van der Waals surface area contributed by atoms with E-state index in [0.717, 1.165) is 38.5 Å². The number of rotatable bonds is 8. The Hall–Kier alpha value is -1.15. The van der Waals surface area contributed by atoms with Crippen molar-refractivity contribution >= 4 is 28.3 Å². The molecule has 8 heteroatoms. The molecule has 0 radical (unpaired) electrons. The fourth-order valence-electron chi connectivity index (χ4n) is 2.93. The third-order valence-corrected chi connectivity index (χ3v) is 6.00. The van der Waals surface area contributed by atoms with Gasteiger partial charge in [0.05, 0.1) is 4.90 Å². The average Bonchev–Trinajstić information content (AvgIpc) is 3.03. The number of benzene rings is 1. The van der Waals surface area contributed by atoms with Crippen molar-refractivity contribution in [2.24, 2.45) is 5.73 Å². The summed E-state index contributed by atoms with van der Waals surface area (Å²) in [5.41, 5.74) is 6.42. The molecule has 0 aromatic heterocycles. The molecule has 1 amide bonds. The van der Waals surface area contributed by atoms with Crippen LogP contribution >= 0.6 is 12.4 Å². The Kier molecular flexibility index (Phi) is 8.85. The molecule has 0 heterocycles. The Labute approximate surface area is 156 Å². The molecule has 1 aromatic rings. The molecular formula is C17H28ClN3O3S. The molecule has 1 aromatic carbocycles. The maximum atomic E-state index is 12.6. The molecule has 1 aliphatic carbocycles. The van der Waals surface area contributed by atoms with Crippen molar-refractivity contribution in [3.63, 3.8) is 0 Å². The van der Waals surface area contributed by atoms with Gasteiger partial charge in [0.1, 0.15) is 0 Å².